The van der Waals surface area contributed by atoms with Crippen LogP contribution in [0.25, 0.3) is 0 Å². The third-order valence-electron chi connectivity index (χ3n) is 7.17. The van der Waals surface area contributed by atoms with Crippen LogP contribution < -0.4 is 24.8 Å². The van der Waals surface area contributed by atoms with Crippen molar-refractivity contribution in [2.75, 3.05) is 63.0 Å². The number of amides is 2. The van der Waals surface area contributed by atoms with Crippen LogP contribution in [0, 0.1) is 0 Å². The van der Waals surface area contributed by atoms with Crippen LogP contribution in [0.1, 0.15) is 38.8 Å². The Morgan fingerprint density at radius 2 is 1.89 bits per heavy atom. The standard InChI is InChI=1S/C31H38N6O6S/c1-5-17-44-31-34-30-32-20(3)27(29(39)33-22-9-7-8-10-23(22)42-6-2)28(37(30)35-31)21-11-12-24(25(18-21)40-4)43-19-26(38)36-13-15-41-16-14-36/h7-12,18,28H,5-6,13-17,19H2,1-4H3,(H,33,39)(H,32,34,35). The SMILES string of the molecule is CCCSc1nc2n(n1)C(c1ccc(OCC(=O)N3CCOCC3)c(OC)c1)C(C(=O)Nc1ccccc1OCC)=C(C)N2. The smallest absolute Gasteiger partial charge is 0.260 e. The number of thioether (sulfide) groups is 1. The second-order valence-electron chi connectivity index (χ2n) is 10.2. The zero-order valence-corrected chi connectivity index (χ0v) is 26.2. The number of allylic oxidation sites excluding steroid dienone is 1. The number of aromatic nitrogens is 3. The molecule has 1 atom stereocenters. The highest BCUT2D eigenvalue weighted by Gasteiger charge is 2.35. The average Bonchev–Trinajstić information content (AvgIpc) is 3.45. The van der Waals surface area contributed by atoms with E-state index in [2.05, 4.69) is 17.6 Å². The van der Waals surface area contributed by atoms with E-state index in [0.29, 0.717) is 78.2 Å². The Kier molecular flexibility index (Phi) is 10.3. The number of fused-ring (bicyclic) bond motifs is 1. The number of nitrogens with zero attached hydrogens (tertiary/aromatic N) is 4. The van der Waals surface area contributed by atoms with Crippen LogP contribution in [-0.2, 0) is 14.3 Å². The van der Waals surface area contributed by atoms with Crippen LogP contribution in [0.2, 0.25) is 0 Å². The number of morpholine rings is 1. The van der Waals surface area contributed by atoms with E-state index in [1.807, 2.05) is 44.2 Å². The molecule has 2 N–H and O–H groups in total. The lowest BCUT2D eigenvalue weighted by atomic mass is 9.94. The number of rotatable bonds is 12. The molecule has 0 saturated carbocycles. The van der Waals surface area contributed by atoms with Gasteiger partial charge in [0.05, 0.1) is 38.2 Å². The minimum Gasteiger partial charge on any atom is -0.493 e. The van der Waals surface area contributed by atoms with Gasteiger partial charge >= 0.3 is 0 Å². The summed E-state index contributed by atoms with van der Waals surface area (Å²) in [4.78, 5) is 33.1. The lowest BCUT2D eigenvalue weighted by molar-refractivity contribution is -0.137. The van der Waals surface area contributed by atoms with E-state index < -0.39 is 6.04 Å². The molecule has 2 amide bonds. The summed E-state index contributed by atoms with van der Waals surface area (Å²) in [6.07, 6.45) is 0.974. The first-order valence-corrected chi connectivity index (χ1v) is 15.7. The van der Waals surface area contributed by atoms with Gasteiger partial charge in [0.25, 0.3) is 11.8 Å². The molecule has 13 heteroatoms. The molecule has 12 nitrogen and oxygen atoms in total. The fraction of sp³-hybridized carbons (Fsp3) is 0.419. The Hall–Kier alpha value is -4.23. The molecule has 1 aromatic heterocycles. The Bertz CT molecular complexity index is 1520. The summed E-state index contributed by atoms with van der Waals surface area (Å²) in [5.74, 6) is 2.40. The van der Waals surface area contributed by atoms with E-state index in [4.69, 9.17) is 29.0 Å². The molecule has 3 aromatic rings. The number of carbonyl (C=O) groups is 2. The molecule has 0 bridgehead atoms. The van der Waals surface area contributed by atoms with Crippen molar-refractivity contribution >= 4 is 35.2 Å². The van der Waals surface area contributed by atoms with Crippen LogP contribution >= 0.6 is 11.8 Å². The zero-order chi connectivity index (χ0) is 31.1. The van der Waals surface area contributed by atoms with E-state index in [1.54, 1.807) is 33.5 Å². The first-order valence-electron chi connectivity index (χ1n) is 14.7. The zero-order valence-electron chi connectivity index (χ0n) is 25.4. The van der Waals surface area contributed by atoms with E-state index >= 15 is 0 Å². The number of ether oxygens (including phenoxy) is 4. The molecule has 2 aliphatic heterocycles. The Morgan fingerprint density at radius 3 is 2.64 bits per heavy atom. The number of para-hydroxylation sites is 2. The molecule has 2 aromatic carbocycles. The molecular formula is C31H38N6O6S. The van der Waals surface area contributed by atoms with Crippen molar-refractivity contribution in [3.8, 4) is 17.2 Å². The monoisotopic (exact) mass is 622 g/mol. The number of carbonyl (C=O) groups excluding carboxylic acids is 2. The normalized spacial score (nSPS) is 16.2. The largest absolute Gasteiger partial charge is 0.493 e. The van der Waals surface area contributed by atoms with Crippen LogP contribution in [0.15, 0.2) is 58.9 Å². The van der Waals surface area contributed by atoms with Gasteiger partial charge in [-0.2, -0.15) is 4.98 Å². The second kappa shape index (κ2) is 14.5. The topological polar surface area (TPSA) is 129 Å². The van der Waals surface area contributed by atoms with Crippen molar-refractivity contribution in [2.24, 2.45) is 0 Å². The summed E-state index contributed by atoms with van der Waals surface area (Å²) in [7, 11) is 1.54. The minimum atomic E-state index is -0.632. The van der Waals surface area contributed by atoms with E-state index in [-0.39, 0.29) is 18.4 Å². The molecule has 44 heavy (non-hydrogen) atoms. The highest BCUT2D eigenvalue weighted by atomic mass is 32.2. The van der Waals surface area contributed by atoms with Gasteiger partial charge in [-0.15, -0.1) is 5.10 Å². The maximum atomic E-state index is 14.0. The molecule has 1 saturated heterocycles. The molecule has 0 spiro atoms. The van der Waals surface area contributed by atoms with Gasteiger partial charge in [0, 0.05) is 24.5 Å². The molecule has 234 valence electrons. The Morgan fingerprint density at radius 1 is 1.09 bits per heavy atom. The van der Waals surface area contributed by atoms with Gasteiger partial charge in [-0.25, -0.2) is 4.68 Å². The maximum absolute atomic E-state index is 14.0. The van der Waals surface area contributed by atoms with Crippen LogP contribution in [-0.4, -0.2) is 83.9 Å². The summed E-state index contributed by atoms with van der Waals surface area (Å²) >= 11 is 1.56. The highest BCUT2D eigenvalue weighted by molar-refractivity contribution is 7.99. The van der Waals surface area contributed by atoms with Crippen LogP contribution in [0.3, 0.4) is 0 Å². The van der Waals surface area contributed by atoms with E-state index in [0.717, 1.165) is 17.7 Å². The minimum absolute atomic E-state index is 0.119. The Labute approximate surface area is 261 Å². The van der Waals surface area contributed by atoms with Gasteiger partial charge < -0.3 is 34.5 Å². The number of methoxy groups -OCH3 is 1. The van der Waals surface area contributed by atoms with Gasteiger partial charge in [-0.3, -0.25) is 9.59 Å². The summed E-state index contributed by atoms with van der Waals surface area (Å²) in [5.41, 5.74) is 2.40. The average molecular weight is 623 g/mol. The summed E-state index contributed by atoms with van der Waals surface area (Å²) in [6, 6.07) is 12.1. The molecule has 0 radical (unpaired) electrons. The summed E-state index contributed by atoms with van der Waals surface area (Å²) in [6.45, 7) is 8.29. The molecule has 3 heterocycles. The lowest BCUT2D eigenvalue weighted by Gasteiger charge is -2.29. The lowest BCUT2D eigenvalue weighted by Crippen LogP contribution is -2.43. The van der Waals surface area contributed by atoms with Crippen molar-refractivity contribution in [1.82, 2.24) is 19.7 Å². The number of benzene rings is 2. The van der Waals surface area contributed by atoms with Crippen molar-refractivity contribution < 1.29 is 28.5 Å². The third kappa shape index (κ3) is 6.94. The van der Waals surface area contributed by atoms with Gasteiger partial charge in [-0.05, 0) is 50.1 Å². The summed E-state index contributed by atoms with van der Waals surface area (Å²) in [5, 5.41) is 11.7. The molecule has 5 rings (SSSR count). The van der Waals surface area contributed by atoms with Crippen molar-refractivity contribution in [3.05, 3.63) is 59.3 Å². The van der Waals surface area contributed by atoms with Crippen LogP contribution in [0.5, 0.6) is 17.2 Å². The van der Waals surface area contributed by atoms with Gasteiger partial charge in [-0.1, -0.05) is 36.9 Å². The fourth-order valence-corrected chi connectivity index (χ4v) is 5.73. The first kappa shape index (κ1) is 31.2. The van der Waals surface area contributed by atoms with Gasteiger partial charge in [0.1, 0.15) is 11.8 Å². The Balaban J connectivity index is 1.47. The molecule has 0 aliphatic carbocycles. The van der Waals surface area contributed by atoms with Gasteiger partial charge in [0.2, 0.25) is 11.1 Å². The number of hydrogen-bond donors (Lipinski definition) is 2. The van der Waals surface area contributed by atoms with Crippen molar-refractivity contribution in [2.45, 2.75) is 38.4 Å². The molecule has 2 aliphatic rings. The predicted molar refractivity (Wildman–Crippen MR) is 168 cm³/mol. The second-order valence-corrected chi connectivity index (χ2v) is 11.2. The maximum Gasteiger partial charge on any atom is 0.260 e. The number of anilines is 2. The predicted octanol–water partition coefficient (Wildman–Crippen LogP) is 4.35. The third-order valence-corrected chi connectivity index (χ3v) is 8.21. The van der Waals surface area contributed by atoms with E-state index in [9.17, 15) is 9.59 Å². The quantitative estimate of drug-likeness (QED) is 0.281. The van der Waals surface area contributed by atoms with Gasteiger partial charge in [0.15, 0.2) is 18.1 Å². The first-order chi connectivity index (χ1) is 21.4. The van der Waals surface area contributed by atoms with Crippen molar-refractivity contribution in [1.29, 1.82) is 0 Å². The molecule has 1 unspecified atom stereocenters. The fourth-order valence-electron chi connectivity index (χ4n) is 5.05. The molecular weight excluding hydrogens is 584 g/mol. The van der Waals surface area contributed by atoms with Crippen LogP contribution in [0.4, 0.5) is 11.6 Å². The number of nitrogens with one attached hydrogen (secondary N) is 2. The molecule has 1 fully saturated rings. The highest BCUT2D eigenvalue weighted by Crippen LogP contribution is 2.40. The van der Waals surface area contributed by atoms with Crippen molar-refractivity contribution in [3.63, 3.8) is 0 Å². The van der Waals surface area contributed by atoms with E-state index in [1.165, 1.54) is 7.11 Å². The summed E-state index contributed by atoms with van der Waals surface area (Å²) < 4.78 is 24.4. The number of hydrogen-bond acceptors (Lipinski definition) is 10.